The van der Waals surface area contributed by atoms with Crippen molar-refractivity contribution in [2.45, 2.75) is 71.0 Å². The molecule has 3 aliphatic carbocycles. The van der Waals surface area contributed by atoms with Crippen LogP contribution in [0.4, 0.5) is 0 Å². The lowest BCUT2D eigenvalue weighted by Gasteiger charge is -2.57. The minimum absolute atomic E-state index is 0.0182. The highest BCUT2D eigenvalue weighted by molar-refractivity contribution is 5.93. The Hall–Kier alpha value is -0.670. The van der Waals surface area contributed by atoms with Crippen LogP contribution in [-0.4, -0.2) is 28.2 Å². The second-order valence-electron chi connectivity index (χ2n) is 8.12. The predicted molar refractivity (Wildman–Crippen MR) is 86.2 cm³/mol. The Balaban J connectivity index is 1.64. The molecule has 0 aliphatic heterocycles. The smallest absolute Gasteiger partial charge is 0.142 e. The van der Waals surface area contributed by atoms with Crippen molar-refractivity contribution in [1.82, 2.24) is 0 Å². The summed E-state index contributed by atoms with van der Waals surface area (Å²) < 4.78 is 0. The highest BCUT2D eigenvalue weighted by atomic mass is 16.3. The van der Waals surface area contributed by atoms with Crippen LogP contribution in [-0.2, 0) is 4.79 Å². The zero-order chi connectivity index (χ0) is 15.9. The van der Waals surface area contributed by atoms with Crippen LogP contribution >= 0.6 is 0 Å². The normalized spacial score (nSPS) is 44.1. The Bertz CT molecular complexity index is 452. The third-order valence-electron chi connectivity index (χ3n) is 6.67. The Morgan fingerprint density at radius 3 is 2.68 bits per heavy atom. The molecule has 22 heavy (non-hydrogen) atoms. The zero-order valence-corrected chi connectivity index (χ0v) is 13.9. The molecule has 0 aromatic rings. The number of aliphatic hydroxyl groups excluding tert-OH is 2. The first-order valence-corrected chi connectivity index (χ1v) is 9.02. The molecule has 0 bridgehead atoms. The summed E-state index contributed by atoms with van der Waals surface area (Å²) in [5.74, 6) is 1.31. The molecule has 1 unspecified atom stereocenters. The van der Waals surface area contributed by atoms with Crippen molar-refractivity contribution in [2.24, 2.45) is 29.1 Å². The van der Waals surface area contributed by atoms with Gasteiger partial charge in [-0.15, -0.1) is 0 Å². The van der Waals surface area contributed by atoms with Crippen LogP contribution in [0.2, 0.25) is 0 Å². The van der Waals surface area contributed by atoms with E-state index < -0.39 is 6.10 Å². The molecule has 3 heteroatoms. The first-order valence-electron chi connectivity index (χ1n) is 9.02. The molecule has 124 valence electrons. The van der Waals surface area contributed by atoms with Crippen molar-refractivity contribution in [3.63, 3.8) is 0 Å². The topological polar surface area (TPSA) is 57.5 Å². The van der Waals surface area contributed by atoms with Crippen LogP contribution < -0.4 is 0 Å². The number of hydrogen-bond acceptors (Lipinski definition) is 3. The SMILES string of the molecule is CC1C(=O)[C@]2(C)CC[C@H](O)[C@@H](/C=C/[C@H](O)CC3CCCC3)[C@H]12. The van der Waals surface area contributed by atoms with Gasteiger partial charge in [0.15, 0.2) is 0 Å². The molecule has 0 aromatic carbocycles. The minimum Gasteiger partial charge on any atom is -0.393 e. The summed E-state index contributed by atoms with van der Waals surface area (Å²) in [5.41, 5.74) is -0.246. The summed E-state index contributed by atoms with van der Waals surface area (Å²) >= 11 is 0. The quantitative estimate of drug-likeness (QED) is 0.785. The van der Waals surface area contributed by atoms with Crippen LogP contribution in [0.15, 0.2) is 12.2 Å². The molecule has 0 heterocycles. The van der Waals surface area contributed by atoms with Crippen molar-refractivity contribution < 1.29 is 15.0 Å². The zero-order valence-electron chi connectivity index (χ0n) is 13.9. The number of aliphatic hydroxyl groups is 2. The highest BCUT2D eigenvalue weighted by Crippen LogP contribution is 2.58. The largest absolute Gasteiger partial charge is 0.393 e. The first-order chi connectivity index (χ1) is 10.4. The van der Waals surface area contributed by atoms with Gasteiger partial charge < -0.3 is 10.2 Å². The molecule has 0 aromatic heterocycles. The van der Waals surface area contributed by atoms with Crippen molar-refractivity contribution >= 4 is 5.78 Å². The van der Waals surface area contributed by atoms with Crippen LogP contribution in [0, 0.1) is 29.1 Å². The van der Waals surface area contributed by atoms with Gasteiger partial charge in [-0.25, -0.2) is 0 Å². The molecule has 3 rings (SSSR count). The van der Waals surface area contributed by atoms with Gasteiger partial charge in [0.25, 0.3) is 0 Å². The maximum absolute atomic E-state index is 12.2. The Morgan fingerprint density at radius 1 is 1.32 bits per heavy atom. The molecule has 6 atom stereocenters. The van der Waals surface area contributed by atoms with Crippen LogP contribution in [0.1, 0.15) is 58.8 Å². The van der Waals surface area contributed by atoms with Gasteiger partial charge in [0.2, 0.25) is 0 Å². The van der Waals surface area contributed by atoms with Crippen LogP contribution in [0.25, 0.3) is 0 Å². The number of fused-ring (bicyclic) bond motifs is 1. The Labute approximate surface area is 133 Å². The van der Waals surface area contributed by atoms with Gasteiger partial charge in [-0.3, -0.25) is 4.79 Å². The van der Waals surface area contributed by atoms with Crippen molar-refractivity contribution in [2.75, 3.05) is 0 Å². The monoisotopic (exact) mass is 306 g/mol. The Kier molecular flexibility index (Phi) is 4.48. The van der Waals surface area contributed by atoms with Crippen LogP contribution in [0.3, 0.4) is 0 Å². The average Bonchev–Trinajstić information content (AvgIpc) is 3.00. The maximum atomic E-state index is 12.2. The molecule has 0 saturated heterocycles. The van der Waals surface area contributed by atoms with E-state index in [1.807, 2.05) is 19.1 Å². The fourth-order valence-electron chi connectivity index (χ4n) is 5.40. The lowest BCUT2D eigenvalue weighted by Crippen LogP contribution is -2.62. The molecule has 3 fully saturated rings. The fraction of sp³-hybridized carbons (Fsp3) is 0.842. The molecular formula is C19H30O3. The van der Waals surface area contributed by atoms with E-state index in [1.54, 1.807) is 0 Å². The summed E-state index contributed by atoms with van der Waals surface area (Å²) in [6, 6.07) is 0. The molecule has 0 radical (unpaired) electrons. The third-order valence-corrected chi connectivity index (χ3v) is 6.67. The molecule has 3 aliphatic rings. The van der Waals surface area contributed by atoms with Gasteiger partial charge in [0.05, 0.1) is 12.2 Å². The summed E-state index contributed by atoms with van der Waals surface area (Å²) in [6.45, 7) is 4.05. The first kappa shape index (κ1) is 16.2. The Morgan fingerprint density at radius 2 is 2.00 bits per heavy atom. The number of Topliss-reactive ketones (excluding diaryl/α,β-unsaturated/α-hetero) is 1. The number of carbonyl (C=O) groups is 1. The summed E-state index contributed by atoms with van der Waals surface area (Å²) in [4.78, 5) is 12.2. The van der Waals surface area contributed by atoms with Gasteiger partial charge in [0.1, 0.15) is 5.78 Å². The van der Waals surface area contributed by atoms with E-state index in [0.717, 1.165) is 12.8 Å². The number of hydrogen-bond donors (Lipinski definition) is 2. The second kappa shape index (κ2) is 6.09. The van der Waals surface area contributed by atoms with Crippen LogP contribution in [0.5, 0.6) is 0 Å². The summed E-state index contributed by atoms with van der Waals surface area (Å²) in [7, 11) is 0. The van der Waals surface area contributed by atoms with E-state index in [4.69, 9.17) is 0 Å². The highest BCUT2D eigenvalue weighted by Gasteiger charge is 2.61. The van der Waals surface area contributed by atoms with E-state index in [2.05, 4.69) is 6.92 Å². The summed E-state index contributed by atoms with van der Waals surface area (Å²) in [5, 5.41) is 20.6. The van der Waals surface area contributed by atoms with Gasteiger partial charge in [-0.1, -0.05) is 51.7 Å². The van der Waals surface area contributed by atoms with E-state index >= 15 is 0 Å². The standard InChI is InChI=1S/C19H30O3/c1-12-17-15(16(21)9-10-19(17,2)18(12)22)8-7-14(20)11-13-5-3-4-6-13/h7-8,12-17,20-21H,3-6,9-11H2,1-2H3/b8-7+/t12?,14-,15+,16-,17-,19+/m0/s1. The molecule has 0 spiro atoms. The van der Waals surface area contributed by atoms with Crippen molar-refractivity contribution in [1.29, 1.82) is 0 Å². The molecule has 0 amide bonds. The number of carbonyl (C=O) groups excluding carboxylic acids is 1. The lowest BCUT2D eigenvalue weighted by molar-refractivity contribution is -0.170. The maximum Gasteiger partial charge on any atom is 0.142 e. The van der Waals surface area contributed by atoms with Gasteiger partial charge in [-0.05, 0) is 31.1 Å². The molecule has 2 N–H and O–H groups in total. The van der Waals surface area contributed by atoms with Crippen molar-refractivity contribution in [3.8, 4) is 0 Å². The third kappa shape index (κ3) is 2.67. The predicted octanol–water partition coefficient (Wildman–Crippen LogP) is 3.10. The van der Waals surface area contributed by atoms with Gasteiger partial charge in [0, 0.05) is 17.3 Å². The minimum atomic E-state index is -0.408. The average molecular weight is 306 g/mol. The van der Waals surface area contributed by atoms with E-state index in [9.17, 15) is 15.0 Å². The fourth-order valence-corrected chi connectivity index (χ4v) is 5.40. The number of ketones is 1. The van der Waals surface area contributed by atoms with Gasteiger partial charge >= 0.3 is 0 Å². The van der Waals surface area contributed by atoms with E-state index in [-0.39, 0.29) is 29.3 Å². The second-order valence-corrected chi connectivity index (χ2v) is 8.12. The molecule has 3 nitrogen and oxygen atoms in total. The number of rotatable bonds is 4. The molecular weight excluding hydrogens is 276 g/mol. The summed E-state index contributed by atoms with van der Waals surface area (Å²) in [6.07, 6.45) is 10.5. The van der Waals surface area contributed by atoms with E-state index in [1.165, 1.54) is 25.7 Å². The van der Waals surface area contributed by atoms with E-state index in [0.29, 0.717) is 18.1 Å². The molecule has 3 saturated carbocycles. The van der Waals surface area contributed by atoms with Gasteiger partial charge in [-0.2, -0.15) is 0 Å². The lowest BCUT2D eigenvalue weighted by atomic mass is 9.45. The van der Waals surface area contributed by atoms with Crippen molar-refractivity contribution in [3.05, 3.63) is 12.2 Å².